The Bertz CT molecular complexity index is 1330. The molecule has 4 aromatic rings. The maximum Gasteiger partial charge on any atom is 0.273 e. The standard InChI is InChI=1S/C29H29N3O3/c1-4-35-23-15-14-22(18-24(23)34-3)28-25-26(21-12-10-19(2)11-13-21)30-31-27(25)29(33)32(28)17-16-20-8-6-5-7-9-20/h5-15,18,28H,4,16-17H2,1-3H3,(H,30,31). The third kappa shape index (κ3) is 4.28. The summed E-state index contributed by atoms with van der Waals surface area (Å²) in [6, 6.07) is 24.1. The number of aryl methyl sites for hydroxylation is 1. The largest absolute Gasteiger partial charge is 0.493 e. The van der Waals surface area contributed by atoms with Crippen LogP contribution in [0.5, 0.6) is 11.5 Å². The van der Waals surface area contributed by atoms with E-state index < -0.39 is 0 Å². The zero-order valence-corrected chi connectivity index (χ0v) is 20.2. The van der Waals surface area contributed by atoms with Crippen LogP contribution in [0, 0.1) is 6.92 Å². The molecule has 0 saturated carbocycles. The molecule has 1 N–H and O–H groups in total. The molecule has 35 heavy (non-hydrogen) atoms. The van der Waals surface area contributed by atoms with Crippen LogP contribution < -0.4 is 9.47 Å². The van der Waals surface area contributed by atoms with E-state index in [0.717, 1.165) is 28.8 Å². The van der Waals surface area contributed by atoms with E-state index in [-0.39, 0.29) is 11.9 Å². The Morgan fingerprint density at radius 2 is 1.77 bits per heavy atom. The Morgan fingerprint density at radius 1 is 1.00 bits per heavy atom. The molecule has 1 amide bonds. The maximum absolute atomic E-state index is 13.6. The zero-order valence-electron chi connectivity index (χ0n) is 20.2. The summed E-state index contributed by atoms with van der Waals surface area (Å²) in [7, 11) is 1.63. The minimum atomic E-state index is -0.291. The van der Waals surface area contributed by atoms with Crippen molar-refractivity contribution < 1.29 is 14.3 Å². The monoisotopic (exact) mass is 467 g/mol. The Hall–Kier alpha value is -4.06. The van der Waals surface area contributed by atoms with Gasteiger partial charge in [0.05, 0.1) is 25.5 Å². The van der Waals surface area contributed by atoms with Crippen LogP contribution in [0.2, 0.25) is 0 Å². The number of aromatic amines is 1. The van der Waals surface area contributed by atoms with Crippen LogP contribution in [0.25, 0.3) is 11.3 Å². The summed E-state index contributed by atoms with van der Waals surface area (Å²) in [5.74, 6) is 1.29. The smallest absolute Gasteiger partial charge is 0.273 e. The second-order valence-electron chi connectivity index (χ2n) is 8.71. The molecule has 1 aliphatic rings. The van der Waals surface area contributed by atoms with Gasteiger partial charge in [-0.2, -0.15) is 5.10 Å². The number of H-pyrrole nitrogens is 1. The first-order valence-corrected chi connectivity index (χ1v) is 11.9. The third-order valence-electron chi connectivity index (χ3n) is 6.48. The average molecular weight is 468 g/mol. The van der Waals surface area contributed by atoms with Crippen molar-refractivity contribution in [1.29, 1.82) is 0 Å². The minimum Gasteiger partial charge on any atom is -0.493 e. The molecule has 1 aromatic heterocycles. The fraction of sp³-hybridized carbons (Fsp3) is 0.241. The fourth-order valence-corrected chi connectivity index (χ4v) is 4.73. The van der Waals surface area contributed by atoms with Crippen LogP contribution in [0.15, 0.2) is 72.8 Å². The first kappa shape index (κ1) is 22.7. The molecule has 1 unspecified atom stereocenters. The summed E-state index contributed by atoms with van der Waals surface area (Å²) in [4.78, 5) is 15.6. The molecule has 2 heterocycles. The number of rotatable bonds is 8. The second kappa shape index (κ2) is 9.66. The van der Waals surface area contributed by atoms with Crippen LogP contribution in [0.1, 0.15) is 45.7 Å². The molecule has 0 spiro atoms. The number of nitrogens with zero attached hydrogens (tertiary/aromatic N) is 2. The van der Waals surface area contributed by atoms with Gasteiger partial charge in [0.2, 0.25) is 0 Å². The van der Waals surface area contributed by atoms with Gasteiger partial charge in [-0.15, -0.1) is 0 Å². The molecule has 0 radical (unpaired) electrons. The van der Waals surface area contributed by atoms with Crippen LogP contribution in [-0.2, 0) is 6.42 Å². The van der Waals surface area contributed by atoms with Gasteiger partial charge in [-0.05, 0) is 43.5 Å². The van der Waals surface area contributed by atoms with E-state index in [1.54, 1.807) is 7.11 Å². The topological polar surface area (TPSA) is 67.5 Å². The third-order valence-corrected chi connectivity index (χ3v) is 6.48. The van der Waals surface area contributed by atoms with Crippen LogP contribution in [0.4, 0.5) is 0 Å². The highest BCUT2D eigenvalue weighted by Crippen LogP contribution is 2.44. The Morgan fingerprint density at radius 3 is 2.49 bits per heavy atom. The number of methoxy groups -OCH3 is 1. The highest BCUT2D eigenvalue weighted by Gasteiger charge is 2.42. The molecular formula is C29H29N3O3. The van der Waals surface area contributed by atoms with Gasteiger partial charge in [-0.1, -0.05) is 66.2 Å². The maximum atomic E-state index is 13.6. The summed E-state index contributed by atoms with van der Waals surface area (Å²) in [5, 5.41) is 7.62. The average Bonchev–Trinajstić information content (AvgIpc) is 3.43. The quantitative estimate of drug-likeness (QED) is 0.367. The predicted molar refractivity (Wildman–Crippen MR) is 136 cm³/mol. The van der Waals surface area contributed by atoms with Gasteiger partial charge >= 0.3 is 0 Å². The fourth-order valence-electron chi connectivity index (χ4n) is 4.73. The van der Waals surface area contributed by atoms with E-state index in [0.29, 0.717) is 30.3 Å². The van der Waals surface area contributed by atoms with Gasteiger partial charge in [-0.3, -0.25) is 9.89 Å². The van der Waals surface area contributed by atoms with Crippen molar-refractivity contribution in [3.63, 3.8) is 0 Å². The lowest BCUT2D eigenvalue weighted by Crippen LogP contribution is -2.31. The number of fused-ring (bicyclic) bond motifs is 1. The highest BCUT2D eigenvalue weighted by molar-refractivity contribution is 6.00. The van der Waals surface area contributed by atoms with Crippen molar-refractivity contribution in [3.8, 4) is 22.8 Å². The number of carbonyl (C=O) groups excluding carboxylic acids is 1. The van der Waals surface area contributed by atoms with Crippen LogP contribution in [0.3, 0.4) is 0 Å². The van der Waals surface area contributed by atoms with Gasteiger partial charge in [-0.25, -0.2) is 0 Å². The van der Waals surface area contributed by atoms with Crippen molar-refractivity contribution in [3.05, 3.63) is 101 Å². The van der Waals surface area contributed by atoms with E-state index in [9.17, 15) is 4.79 Å². The number of carbonyl (C=O) groups is 1. The first-order valence-electron chi connectivity index (χ1n) is 11.9. The van der Waals surface area contributed by atoms with Crippen LogP contribution in [-0.4, -0.2) is 41.3 Å². The molecular weight excluding hydrogens is 438 g/mol. The van der Waals surface area contributed by atoms with Gasteiger partial charge in [0.1, 0.15) is 5.69 Å². The number of hydrogen-bond donors (Lipinski definition) is 1. The summed E-state index contributed by atoms with van der Waals surface area (Å²) in [5.41, 5.74) is 6.55. The number of amides is 1. The molecule has 6 heteroatoms. The van der Waals surface area contributed by atoms with Crippen molar-refractivity contribution in [2.45, 2.75) is 26.3 Å². The SMILES string of the molecule is CCOc1ccc(C2c3c(-c4ccc(C)cc4)n[nH]c3C(=O)N2CCc2ccccc2)cc1OC. The van der Waals surface area contributed by atoms with E-state index in [2.05, 4.69) is 53.5 Å². The Labute approximate surface area is 205 Å². The van der Waals surface area contributed by atoms with E-state index in [1.807, 2.05) is 48.2 Å². The molecule has 0 saturated heterocycles. The van der Waals surface area contributed by atoms with E-state index in [4.69, 9.17) is 9.47 Å². The number of hydrogen-bond acceptors (Lipinski definition) is 4. The first-order chi connectivity index (χ1) is 17.1. The van der Waals surface area contributed by atoms with Crippen molar-refractivity contribution in [2.24, 2.45) is 0 Å². The lowest BCUT2D eigenvalue weighted by Gasteiger charge is -2.27. The van der Waals surface area contributed by atoms with Gasteiger partial charge < -0.3 is 14.4 Å². The zero-order chi connectivity index (χ0) is 24.4. The molecule has 0 bridgehead atoms. The van der Waals surface area contributed by atoms with Crippen LogP contribution >= 0.6 is 0 Å². The lowest BCUT2D eigenvalue weighted by molar-refractivity contribution is 0.0745. The van der Waals surface area contributed by atoms with Crippen molar-refractivity contribution >= 4 is 5.91 Å². The predicted octanol–water partition coefficient (Wildman–Crippen LogP) is 5.58. The minimum absolute atomic E-state index is 0.0420. The molecule has 1 aliphatic heterocycles. The lowest BCUT2D eigenvalue weighted by atomic mass is 9.95. The molecule has 178 valence electrons. The summed E-state index contributed by atoms with van der Waals surface area (Å²) in [6.07, 6.45) is 0.759. The highest BCUT2D eigenvalue weighted by atomic mass is 16.5. The number of ether oxygens (including phenoxy) is 2. The Balaban J connectivity index is 1.59. The summed E-state index contributed by atoms with van der Waals surface area (Å²) < 4.78 is 11.4. The molecule has 3 aromatic carbocycles. The summed E-state index contributed by atoms with van der Waals surface area (Å²) in [6.45, 7) is 5.13. The summed E-state index contributed by atoms with van der Waals surface area (Å²) >= 11 is 0. The number of benzene rings is 3. The van der Waals surface area contributed by atoms with Crippen molar-refractivity contribution in [1.82, 2.24) is 15.1 Å². The van der Waals surface area contributed by atoms with Gasteiger partial charge in [0.25, 0.3) is 5.91 Å². The molecule has 5 rings (SSSR count). The van der Waals surface area contributed by atoms with E-state index in [1.165, 1.54) is 11.1 Å². The number of aromatic nitrogens is 2. The molecule has 6 nitrogen and oxygen atoms in total. The van der Waals surface area contributed by atoms with Gasteiger partial charge in [0.15, 0.2) is 11.5 Å². The molecule has 0 aliphatic carbocycles. The Kier molecular flexibility index (Phi) is 6.27. The molecule has 0 fully saturated rings. The van der Waals surface area contributed by atoms with Crippen molar-refractivity contribution in [2.75, 3.05) is 20.3 Å². The normalized spacial score (nSPS) is 14.8. The van der Waals surface area contributed by atoms with E-state index >= 15 is 0 Å². The second-order valence-corrected chi connectivity index (χ2v) is 8.71. The van der Waals surface area contributed by atoms with Gasteiger partial charge in [0, 0.05) is 17.7 Å². The number of nitrogens with one attached hydrogen (secondary N) is 1. The molecule has 1 atom stereocenters.